The number of likely N-dealkylation sites (tertiary alicyclic amines) is 1. The Morgan fingerprint density at radius 3 is 2.30 bits per heavy atom. The first kappa shape index (κ1) is 15.6. The Morgan fingerprint density at radius 1 is 1.09 bits per heavy atom. The highest BCUT2D eigenvalue weighted by atomic mass is 19.1. The lowest BCUT2D eigenvalue weighted by atomic mass is 9.90. The van der Waals surface area contributed by atoms with Crippen molar-refractivity contribution < 1.29 is 13.6 Å². The lowest BCUT2D eigenvalue weighted by Crippen LogP contribution is -2.39. The van der Waals surface area contributed by atoms with E-state index in [-0.39, 0.29) is 11.5 Å². The minimum absolute atomic E-state index is 0.0788. The minimum Gasteiger partial charge on any atom is -0.339 e. The number of carbonyl (C=O) groups is 1. The molecule has 120 valence electrons. The van der Waals surface area contributed by atoms with E-state index in [0.29, 0.717) is 19.0 Å². The first-order valence-electron chi connectivity index (χ1n) is 7.76. The molecule has 23 heavy (non-hydrogen) atoms. The number of rotatable bonds is 3. The van der Waals surface area contributed by atoms with Gasteiger partial charge in [-0.3, -0.25) is 9.78 Å². The van der Waals surface area contributed by atoms with Crippen LogP contribution >= 0.6 is 0 Å². The van der Waals surface area contributed by atoms with Gasteiger partial charge in [0.2, 0.25) is 0 Å². The number of carbonyl (C=O) groups excluding carboxylic acids is 1. The number of benzene rings is 1. The van der Waals surface area contributed by atoms with Crippen LogP contribution in [0.25, 0.3) is 0 Å². The zero-order chi connectivity index (χ0) is 16.2. The van der Waals surface area contributed by atoms with Gasteiger partial charge >= 0.3 is 0 Å². The van der Waals surface area contributed by atoms with E-state index in [0.717, 1.165) is 37.5 Å². The van der Waals surface area contributed by atoms with Crippen molar-refractivity contribution in [1.82, 2.24) is 9.88 Å². The molecule has 5 heteroatoms. The van der Waals surface area contributed by atoms with Gasteiger partial charge < -0.3 is 4.90 Å². The third kappa shape index (κ3) is 3.92. The summed E-state index contributed by atoms with van der Waals surface area (Å²) < 4.78 is 26.5. The predicted molar refractivity (Wildman–Crippen MR) is 82.9 cm³/mol. The van der Waals surface area contributed by atoms with Crippen LogP contribution < -0.4 is 0 Å². The molecule has 0 radical (unpaired) electrons. The molecule has 1 aliphatic rings. The summed E-state index contributed by atoms with van der Waals surface area (Å²) in [5.74, 6) is -1.22. The van der Waals surface area contributed by atoms with Crippen LogP contribution in [0.3, 0.4) is 0 Å². The Hall–Kier alpha value is -2.30. The van der Waals surface area contributed by atoms with Crippen molar-refractivity contribution in [3.05, 3.63) is 65.5 Å². The number of hydrogen-bond acceptors (Lipinski definition) is 2. The maximum Gasteiger partial charge on any atom is 0.254 e. The largest absolute Gasteiger partial charge is 0.339 e. The molecule has 0 saturated carbocycles. The third-order valence-corrected chi connectivity index (χ3v) is 4.28. The van der Waals surface area contributed by atoms with Crippen molar-refractivity contribution in [3.63, 3.8) is 0 Å². The summed E-state index contributed by atoms with van der Waals surface area (Å²) in [6.07, 6.45) is 6.33. The molecule has 1 aliphatic heterocycles. The summed E-state index contributed by atoms with van der Waals surface area (Å²) in [5.41, 5.74) is 1.33. The number of halogens is 2. The number of pyridine rings is 1. The molecule has 3 nitrogen and oxygen atoms in total. The molecule has 3 rings (SSSR count). The molecule has 1 fully saturated rings. The Balaban J connectivity index is 1.59. The van der Waals surface area contributed by atoms with Gasteiger partial charge in [0, 0.05) is 37.1 Å². The van der Waals surface area contributed by atoms with Crippen molar-refractivity contribution in [2.75, 3.05) is 13.1 Å². The molecule has 0 aliphatic carbocycles. The Kier molecular flexibility index (Phi) is 4.65. The van der Waals surface area contributed by atoms with Crippen LogP contribution in [0.1, 0.15) is 28.8 Å². The van der Waals surface area contributed by atoms with Crippen LogP contribution in [-0.2, 0) is 6.42 Å². The average molecular weight is 316 g/mol. The first-order valence-corrected chi connectivity index (χ1v) is 7.76. The molecule has 0 spiro atoms. The summed E-state index contributed by atoms with van der Waals surface area (Å²) in [6.45, 7) is 1.24. The lowest BCUT2D eigenvalue weighted by Gasteiger charge is -2.32. The molecule has 1 aromatic carbocycles. The highest BCUT2D eigenvalue weighted by molar-refractivity contribution is 5.94. The SMILES string of the molecule is O=C(c1cc(F)cc(F)c1)N1CCC(Cc2ccncc2)CC1. The maximum absolute atomic E-state index is 13.2. The van der Waals surface area contributed by atoms with Crippen molar-refractivity contribution in [1.29, 1.82) is 0 Å². The number of piperidine rings is 1. The van der Waals surface area contributed by atoms with Gasteiger partial charge in [0.25, 0.3) is 5.91 Å². The fraction of sp³-hybridized carbons (Fsp3) is 0.333. The molecule has 1 saturated heterocycles. The Bertz CT molecular complexity index is 662. The average Bonchev–Trinajstić information content (AvgIpc) is 2.55. The van der Waals surface area contributed by atoms with Gasteiger partial charge in [-0.1, -0.05) is 0 Å². The quantitative estimate of drug-likeness (QED) is 0.869. The van der Waals surface area contributed by atoms with Gasteiger partial charge in [-0.05, 0) is 55.0 Å². The first-order chi connectivity index (χ1) is 11.1. The highest BCUT2D eigenvalue weighted by Crippen LogP contribution is 2.23. The van der Waals surface area contributed by atoms with Gasteiger partial charge in [0.1, 0.15) is 11.6 Å². The van der Waals surface area contributed by atoms with E-state index in [2.05, 4.69) is 4.98 Å². The van der Waals surface area contributed by atoms with Gasteiger partial charge in [-0.2, -0.15) is 0 Å². The molecule has 0 N–H and O–H groups in total. The highest BCUT2D eigenvalue weighted by Gasteiger charge is 2.24. The molecule has 1 amide bonds. The second-order valence-corrected chi connectivity index (χ2v) is 5.95. The van der Waals surface area contributed by atoms with Crippen LogP contribution in [0.5, 0.6) is 0 Å². The van der Waals surface area contributed by atoms with Crippen LogP contribution in [-0.4, -0.2) is 28.9 Å². The van der Waals surface area contributed by atoms with E-state index in [4.69, 9.17) is 0 Å². The van der Waals surface area contributed by atoms with Crippen LogP contribution in [0.2, 0.25) is 0 Å². The van der Waals surface area contributed by atoms with E-state index in [1.54, 1.807) is 17.3 Å². The number of nitrogens with zero attached hydrogens (tertiary/aromatic N) is 2. The second kappa shape index (κ2) is 6.86. The molecule has 0 unspecified atom stereocenters. The summed E-state index contributed by atoms with van der Waals surface area (Å²) in [5, 5.41) is 0. The molecule has 2 aromatic rings. The van der Waals surface area contributed by atoms with Crippen LogP contribution in [0.15, 0.2) is 42.7 Å². The summed E-state index contributed by atoms with van der Waals surface area (Å²) in [7, 11) is 0. The Morgan fingerprint density at radius 2 is 1.70 bits per heavy atom. The van der Waals surface area contributed by atoms with Crippen molar-refractivity contribution >= 4 is 5.91 Å². The van der Waals surface area contributed by atoms with Gasteiger partial charge in [0.15, 0.2) is 0 Å². The second-order valence-electron chi connectivity index (χ2n) is 5.95. The van der Waals surface area contributed by atoms with Crippen LogP contribution in [0, 0.1) is 17.6 Å². The van der Waals surface area contributed by atoms with E-state index in [1.807, 2.05) is 12.1 Å². The molecule has 0 atom stereocenters. The normalized spacial score (nSPS) is 15.7. The molecule has 0 bridgehead atoms. The molecular weight excluding hydrogens is 298 g/mol. The number of amides is 1. The Labute approximate surface area is 134 Å². The minimum atomic E-state index is -0.721. The number of hydrogen-bond donors (Lipinski definition) is 0. The van der Waals surface area contributed by atoms with Crippen molar-refractivity contribution in [2.24, 2.45) is 5.92 Å². The standard InChI is InChI=1S/C18H18F2N2O/c19-16-10-15(11-17(20)12-16)18(23)22-7-3-14(4-8-22)9-13-1-5-21-6-2-13/h1-2,5-6,10-12,14H,3-4,7-9H2. The zero-order valence-corrected chi connectivity index (χ0v) is 12.7. The summed E-state index contributed by atoms with van der Waals surface area (Å²) in [6, 6.07) is 6.97. The monoisotopic (exact) mass is 316 g/mol. The van der Waals surface area contributed by atoms with E-state index in [9.17, 15) is 13.6 Å². The lowest BCUT2D eigenvalue weighted by molar-refractivity contribution is 0.0689. The number of aromatic nitrogens is 1. The molecular formula is C18H18F2N2O. The summed E-state index contributed by atoms with van der Waals surface area (Å²) >= 11 is 0. The van der Waals surface area contributed by atoms with Gasteiger partial charge in [-0.15, -0.1) is 0 Å². The van der Waals surface area contributed by atoms with Crippen LogP contribution in [0.4, 0.5) is 8.78 Å². The third-order valence-electron chi connectivity index (χ3n) is 4.28. The fourth-order valence-corrected chi connectivity index (χ4v) is 3.05. The van der Waals surface area contributed by atoms with E-state index < -0.39 is 11.6 Å². The summed E-state index contributed by atoms with van der Waals surface area (Å²) in [4.78, 5) is 18.0. The zero-order valence-electron chi connectivity index (χ0n) is 12.7. The smallest absolute Gasteiger partial charge is 0.254 e. The van der Waals surface area contributed by atoms with E-state index >= 15 is 0 Å². The van der Waals surface area contributed by atoms with Gasteiger partial charge in [-0.25, -0.2) is 8.78 Å². The topological polar surface area (TPSA) is 33.2 Å². The fourth-order valence-electron chi connectivity index (χ4n) is 3.05. The molecule has 1 aromatic heterocycles. The molecule has 2 heterocycles. The van der Waals surface area contributed by atoms with Crippen molar-refractivity contribution in [3.8, 4) is 0 Å². The maximum atomic E-state index is 13.2. The predicted octanol–water partition coefficient (Wildman–Crippen LogP) is 3.45. The van der Waals surface area contributed by atoms with Gasteiger partial charge in [0.05, 0.1) is 0 Å². The van der Waals surface area contributed by atoms with Crippen molar-refractivity contribution in [2.45, 2.75) is 19.3 Å². The van der Waals surface area contributed by atoms with E-state index in [1.165, 1.54) is 5.56 Å².